The summed E-state index contributed by atoms with van der Waals surface area (Å²) in [5.74, 6) is 0.452. The molecule has 1 N–H and O–H groups in total. The van der Waals surface area contributed by atoms with Gasteiger partial charge in [-0.05, 0) is 59.5 Å². The van der Waals surface area contributed by atoms with Crippen LogP contribution < -0.4 is 15.0 Å². The van der Waals surface area contributed by atoms with Crippen LogP contribution in [0.4, 0.5) is 28.0 Å². The van der Waals surface area contributed by atoms with Crippen LogP contribution in [0.1, 0.15) is 30.9 Å². The molecule has 0 bridgehead atoms. The van der Waals surface area contributed by atoms with Crippen LogP contribution in [0, 0.1) is 17.1 Å². The van der Waals surface area contributed by atoms with Crippen LogP contribution in [-0.4, -0.2) is 44.6 Å². The van der Waals surface area contributed by atoms with Crippen LogP contribution in [0.15, 0.2) is 84.2 Å². The van der Waals surface area contributed by atoms with Gasteiger partial charge in [0.15, 0.2) is 11.0 Å². The van der Waals surface area contributed by atoms with E-state index in [2.05, 4.69) is 31.2 Å². The van der Waals surface area contributed by atoms with Crippen molar-refractivity contribution < 1.29 is 27.1 Å². The van der Waals surface area contributed by atoms with Crippen molar-refractivity contribution in [2.45, 2.75) is 26.1 Å². The Balaban J connectivity index is 1.26. The molecule has 14 heteroatoms. The first-order valence-electron chi connectivity index (χ1n) is 13.6. The normalized spacial score (nSPS) is 14.6. The average Bonchev–Trinajstić information content (AvgIpc) is 3.68. The highest BCUT2D eigenvalue weighted by atomic mass is 32.2. The Morgan fingerprint density at radius 3 is 2.53 bits per heavy atom. The molecule has 2 amide bonds. The van der Waals surface area contributed by atoms with Crippen molar-refractivity contribution in [1.29, 1.82) is 5.26 Å². The second-order valence-electron chi connectivity index (χ2n) is 10.0. The van der Waals surface area contributed by atoms with Gasteiger partial charge in [-0.15, -0.1) is 18.3 Å². The number of nitrogens with zero attached hydrogens (tertiary/aromatic N) is 6. The van der Waals surface area contributed by atoms with E-state index in [0.29, 0.717) is 40.1 Å². The second-order valence-corrected chi connectivity index (χ2v) is 11.1. The minimum atomic E-state index is -4.78. The van der Waals surface area contributed by atoms with Crippen molar-refractivity contribution in [3.63, 3.8) is 0 Å². The molecule has 0 spiro atoms. The maximum atomic E-state index is 13.9. The molecular formula is C31H25F4N7O2S. The number of thioether (sulfide) groups is 1. The average molecular weight is 636 g/mol. The predicted octanol–water partition coefficient (Wildman–Crippen LogP) is 7.28. The molecule has 0 aliphatic carbocycles. The van der Waals surface area contributed by atoms with Crippen molar-refractivity contribution in [2.24, 2.45) is 4.99 Å². The van der Waals surface area contributed by atoms with E-state index in [0.717, 1.165) is 11.3 Å². The summed E-state index contributed by atoms with van der Waals surface area (Å²) in [4.78, 5) is 23.0. The van der Waals surface area contributed by atoms with Crippen molar-refractivity contribution in [3.05, 3.63) is 96.2 Å². The Bertz CT molecular complexity index is 1790. The second kappa shape index (κ2) is 13.2. The maximum absolute atomic E-state index is 13.9. The van der Waals surface area contributed by atoms with Gasteiger partial charge in [-0.2, -0.15) is 10.3 Å². The number of nitriles is 1. The molecular weight excluding hydrogens is 610 g/mol. The third-order valence-electron chi connectivity index (χ3n) is 6.62. The van der Waals surface area contributed by atoms with E-state index >= 15 is 0 Å². The molecule has 4 aromatic rings. The first-order valence-corrected chi connectivity index (χ1v) is 14.6. The predicted molar refractivity (Wildman–Crippen MR) is 163 cm³/mol. The molecule has 2 heterocycles. The number of carbonyl (C=O) groups is 1. The fourth-order valence-corrected chi connectivity index (χ4v) is 5.45. The Morgan fingerprint density at radius 1 is 1.13 bits per heavy atom. The number of hydrogen-bond donors (Lipinski definition) is 1. The summed E-state index contributed by atoms with van der Waals surface area (Å²) in [6.45, 7) is 4.55. The lowest BCUT2D eigenvalue weighted by Gasteiger charge is -2.23. The number of rotatable bonds is 7. The highest BCUT2D eigenvalue weighted by Gasteiger charge is 2.31. The molecule has 9 nitrogen and oxygen atoms in total. The van der Waals surface area contributed by atoms with Gasteiger partial charge in [0.2, 0.25) is 0 Å². The Hall–Kier alpha value is -5.16. The minimum Gasteiger partial charge on any atom is -0.406 e. The number of carbonyl (C=O) groups excluding carboxylic acids is 1. The molecule has 0 atom stereocenters. The fourth-order valence-electron chi connectivity index (χ4n) is 4.50. The van der Waals surface area contributed by atoms with Gasteiger partial charge in [-0.25, -0.2) is 18.9 Å². The number of urea groups is 1. The summed E-state index contributed by atoms with van der Waals surface area (Å²) in [7, 11) is 0. The third-order valence-corrected chi connectivity index (χ3v) is 7.57. The van der Waals surface area contributed by atoms with Crippen LogP contribution in [-0.2, 0) is 0 Å². The van der Waals surface area contributed by atoms with Gasteiger partial charge < -0.3 is 15.0 Å². The van der Waals surface area contributed by atoms with Gasteiger partial charge in [0.05, 0.1) is 11.3 Å². The summed E-state index contributed by atoms with van der Waals surface area (Å²) in [6.07, 6.45) is -2.08. The van der Waals surface area contributed by atoms with Crippen LogP contribution in [0.2, 0.25) is 0 Å². The number of amides is 2. The third kappa shape index (κ3) is 7.68. The van der Waals surface area contributed by atoms with Crippen molar-refractivity contribution in [2.75, 3.05) is 17.2 Å². The summed E-state index contributed by atoms with van der Waals surface area (Å²) in [5.41, 5.74) is 3.43. The highest BCUT2D eigenvalue weighted by molar-refractivity contribution is 8.14. The number of benzene rings is 3. The van der Waals surface area contributed by atoms with Gasteiger partial charge in [-0.1, -0.05) is 49.9 Å². The molecule has 0 saturated carbocycles. The number of aliphatic imine (C=N–C) groups is 1. The number of ether oxygens (including phenoxy) is 1. The van der Waals surface area contributed by atoms with Gasteiger partial charge >= 0.3 is 12.4 Å². The Labute approximate surface area is 259 Å². The standard InChI is InChI=1S/C31H25F4N7O2S/c1-19(2)26-15-23(32)7-12-27(26)41-13-14-45-30(41)39-29(43)37-17-22(16-36)20-3-5-21(6-4-20)28-38-18-42(40-28)24-8-10-25(11-9-24)44-31(33,34)35/h3-12,15,17-19H,13-14H2,1-2H3,(H,37,43)/b22-17+,39-30-. The van der Waals surface area contributed by atoms with Crippen LogP contribution in [0.25, 0.3) is 22.6 Å². The SMILES string of the molecule is CC(C)c1cc(F)ccc1N1CCS/C1=N\C(=O)N/C=C(\C#N)c1ccc(-c2ncn(-c3ccc(OC(F)(F)F)cc3)n2)cc1. The van der Waals surface area contributed by atoms with Crippen molar-refractivity contribution in [3.8, 4) is 28.9 Å². The molecule has 1 saturated heterocycles. The number of anilines is 1. The molecule has 1 aliphatic heterocycles. The summed E-state index contributed by atoms with van der Waals surface area (Å²) in [5, 5.41) is 17.1. The summed E-state index contributed by atoms with van der Waals surface area (Å²) < 4.78 is 56.4. The fraction of sp³-hybridized carbons (Fsp3) is 0.194. The first-order chi connectivity index (χ1) is 21.5. The smallest absolute Gasteiger partial charge is 0.406 e. The molecule has 230 valence electrons. The Kier molecular flexibility index (Phi) is 9.19. The number of amidine groups is 1. The quantitative estimate of drug-likeness (QED) is 0.168. The lowest BCUT2D eigenvalue weighted by molar-refractivity contribution is -0.274. The van der Waals surface area contributed by atoms with Crippen molar-refractivity contribution in [1.82, 2.24) is 20.1 Å². The van der Waals surface area contributed by atoms with E-state index in [1.165, 1.54) is 65.4 Å². The van der Waals surface area contributed by atoms with Gasteiger partial charge in [0.1, 0.15) is 24.0 Å². The largest absolute Gasteiger partial charge is 0.573 e. The molecule has 45 heavy (non-hydrogen) atoms. The van der Waals surface area contributed by atoms with E-state index < -0.39 is 12.4 Å². The van der Waals surface area contributed by atoms with Gasteiger partial charge in [-0.3, -0.25) is 0 Å². The van der Waals surface area contributed by atoms with Gasteiger partial charge in [0, 0.05) is 29.7 Å². The number of halogens is 4. The monoisotopic (exact) mass is 635 g/mol. The number of alkyl halides is 3. The maximum Gasteiger partial charge on any atom is 0.573 e. The molecule has 0 unspecified atom stereocenters. The highest BCUT2D eigenvalue weighted by Crippen LogP contribution is 2.33. The summed E-state index contributed by atoms with van der Waals surface area (Å²) >= 11 is 1.41. The number of aromatic nitrogens is 3. The van der Waals surface area contributed by atoms with E-state index in [1.807, 2.05) is 18.7 Å². The lowest BCUT2D eigenvalue weighted by Crippen LogP contribution is -2.27. The topological polar surface area (TPSA) is 108 Å². The van der Waals surface area contributed by atoms with Crippen LogP contribution >= 0.6 is 11.8 Å². The molecule has 0 radical (unpaired) electrons. The minimum absolute atomic E-state index is 0.0675. The molecule has 3 aromatic carbocycles. The first kappa shape index (κ1) is 31.3. The zero-order valence-corrected chi connectivity index (χ0v) is 24.7. The zero-order chi connectivity index (χ0) is 32.1. The number of hydrogen-bond acceptors (Lipinski definition) is 6. The number of nitrogens with one attached hydrogen (secondary N) is 1. The lowest BCUT2D eigenvalue weighted by atomic mass is 10.0. The van der Waals surface area contributed by atoms with E-state index in [9.17, 15) is 27.6 Å². The van der Waals surface area contributed by atoms with Crippen LogP contribution in [0.5, 0.6) is 5.75 Å². The molecule has 1 aliphatic rings. The van der Waals surface area contributed by atoms with E-state index in [-0.39, 0.29) is 23.1 Å². The van der Waals surface area contributed by atoms with Gasteiger partial charge in [0.25, 0.3) is 0 Å². The molecule has 1 aromatic heterocycles. The molecule has 5 rings (SSSR count). The summed E-state index contributed by atoms with van der Waals surface area (Å²) in [6, 6.07) is 17.9. The number of allylic oxidation sites excluding steroid dienone is 1. The van der Waals surface area contributed by atoms with E-state index in [1.54, 1.807) is 30.3 Å². The zero-order valence-electron chi connectivity index (χ0n) is 23.9. The van der Waals surface area contributed by atoms with Crippen LogP contribution in [0.3, 0.4) is 0 Å². The Morgan fingerprint density at radius 2 is 1.87 bits per heavy atom. The van der Waals surface area contributed by atoms with Crippen molar-refractivity contribution >= 4 is 34.2 Å². The van der Waals surface area contributed by atoms with E-state index in [4.69, 9.17) is 0 Å². The molecule has 1 fully saturated rings.